The molecule has 0 atom stereocenters. The maximum absolute atomic E-state index is 12.8. The first-order valence-corrected chi connectivity index (χ1v) is 6.19. The van der Waals surface area contributed by atoms with E-state index in [4.69, 9.17) is 9.47 Å². The number of anilines is 1. The van der Waals surface area contributed by atoms with Gasteiger partial charge in [-0.1, -0.05) is 12.1 Å². The minimum atomic E-state index is -4.57. The van der Waals surface area contributed by atoms with Crippen LogP contribution in [-0.2, 0) is 6.18 Å². The van der Waals surface area contributed by atoms with Crippen LogP contribution >= 0.6 is 0 Å². The quantitative estimate of drug-likeness (QED) is 0.918. The van der Waals surface area contributed by atoms with Gasteiger partial charge in [-0.2, -0.15) is 13.2 Å². The van der Waals surface area contributed by atoms with Gasteiger partial charge in [0.2, 0.25) is 0 Å². The zero-order valence-electron chi connectivity index (χ0n) is 11.5. The molecule has 0 aliphatic heterocycles. The number of hydrogen-bond acceptors (Lipinski definition) is 3. The molecule has 0 radical (unpaired) electrons. The number of rotatable bonds is 3. The highest BCUT2D eigenvalue weighted by atomic mass is 19.4. The van der Waals surface area contributed by atoms with E-state index in [-0.39, 0.29) is 11.4 Å². The van der Waals surface area contributed by atoms with Crippen molar-refractivity contribution in [3.05, 3.63) is 54.1 Å². The van der Waals surface area contributed by atoms with Gasteiger partial charge in [-0.3, -0.25) is 5.32 Å². The molecule has 0 saturated carbocycles. The van der Waals surface area contributed by atoms with Crippen LogP contribution < -0.4 is 14.8 Å². The fourth-order valence-electron chi connectivity index (χ4n) is 1.73. The molecule has 0 heterocycles. The average Bonchev–Trinajstić information content (AvgIpc) is 2.47. The number of methoxy groups -OCH3 is 1. The van der Waals surface area contributed by atoms with E-state index in [2.05, 4.69) is 5.32 Å². The molecule has 7 heteroatoms. The predicted molar refractivity (Wildman–Crippen MR) is 74.1 cm³/mol. The van der Waals surface area contributed by atoms with E-state index in [1.54, 1.807) is 12.1 Å². The van der Waals surface area contributed by atoms with Gasteiger partial charge in [0, 0.05) is 0 Å². The van der Waals surface area contributed by atoms with E-state index >= 15 is 0 Å². The van der Waals surface area contributed by atoms with Crippen molar-refractivity contribution < 1.29 is 27.4 Å². The maximum Gasteiger partial charge on any atom is 0.418 e. The second-order valence-corrected chi connectivity index (χ2v) is 4.23. The van der Waals surface area contributed by atoms with E-state index in [0.717, 1.165) is 12.1 Å². The summed E-state index contributed by atoms with van der Waals surface area (Å²) in [5.74, 6) is 0.748. The Morgan fingerprint density at radius 1 is 1.00 bits per heavy atom. The van der Waals surface area contributed by atoms with Crippen LogP contribution in [0.4, 0.5) is 23.7 Å². The van der Waals surface area contributed by atoms with Gasteiger partial charge in [0.25, 0.3) is 0 Å². The van der Waals surface area contributed by atoms with Gasteiger partial charge in [0.05, 0.1) is 18.4 Å². The Morgan fingerprint density at radius 3 is 2.18 bits per heavy atom. The lowest BCUT2D eigenvalue weighted by Crippen LogP contribution is -2.19. The third-order valence-corrected chi connectivity index (χ3v) is 2.74. The molecule has 22 heavy (non-hydrogen) atoms. The molecule has 2 rings (SSSR count). The van der Waals surface area contributed by atoms with Crippen molar-refractivity contribution in [3.63, 3.8) is 0 Å². The second kappa shape index (κ2) is 6.38. The monoisotopic (exact) mass is 311 g/mol. The van der Waals surface area contributed by atoms with Gasteiger partial charge in [0.1, 0.15) is 11.5 Å². The third kappa shape index (κ3) is 3.91. The normalized spacial score (nSPS) is 10.9. The van der Waals surface area contributed by atoms with Crippen molar-refractivity contribution in [1.29, 1.82) is 0 Å². The highest BCUT2D eigenvalue weighted by molar-refractivity contribution is 5.87. The molecule has 0 fully saturated rings. The van der Waals surface area contributed by atoms with Crippen LogP contribution in [0, 0.1) is 0 Å². The molecule has 0 spiro atoms. The predicted octanol–water partition coefficient (Wildman–Crippen LogP) is 4.32. The number of ether oxygens (including phenoxy) is 2. The first-order chi connectivity index (χ1) is 10.4. The minimum absolute atomic E-state index is 0.183. The molecule has 2 aromatic rings. The zero-order valence-corrected chi connectivity index (χ0v) is 11.5. The number of carbonyl (C=O) groups is 1. The average molecular weight is 311 g/mol. The smallest absolute Gasteiger partial charge is 0.418 e. The first kappa shape index (κ1) is 15.7. The van der Waals surface area contributed by atoms with Crippen LogP contribution in [0.15, 0.2) is 48.5 Å². The number of halogens is 3. The van der Waals surface area contributed by atoms with Crippen LogP contribution in [0.2, 0.25) is 0 Å². The van der Waals surface area contributed by atoms with E-state index in [9.17, 15) is 18.0 Å². The summed E-state index contributed by atoms with van der Waals surface area (Å²) < 4.78 is 48.3. The Hall–Kier alpha value is -2.70. The molecule has 0 aliphatic carbocycles. The van der Waals surface area contributed by atoms with Crippen LogP contribution in [-0.4, -0.2) is 13.2 Å². The van der Waals surface area contributed by atoms with Crippen molar-refractivity contribution in [2.75, 3.05) is 12.4 Å². The summed E-state index contributed by atoms with van der Waals surface area (Å²) in [5.41, 5.74) is -1.31. The molecule has 4 nitrogen and oxygen atoms in total. The molecular formula is C15H12F3NO3. The second-order valence-electron chi connectivity index (χ2n) is 4.23. The number of nitrogens with one attached hydrogen (secondary N) is 1. The summed E-state index contributed by atoms with van der Waals surface area (Å²) >= 11 is 0. The minimum Gasteiger partial charge on any atom is -0.497 e. The topological polar surface area (TPSA) is 47.6 Å². The van der Waals surface area contributed by atoms with E-state index in [1.807, 2.05) is 0 Å². The summed E-state index contributed by atoms with van der Waals surface area (Å²) in [7, 11) is 1.48. The number of carbonyl (C=O) groups excluding carboxylic acids is 1. The van der Waals surface area contributed by atoms with Gasteiger partial charge < -0.3 is 9.47 Å². The molecule has 0 unspecified atom stereocenters. The molecule has 116 valence electrons. The number of benzene rings is 2. The fraction of sp³-hybridized carbons (Fsp3) is 0.133. The largest absolute Gasteiger partial charge is 0.497 e. The molecule has 2 aromatic carbocycles. The van der Waals surface area contributed by atoms with Gasteiger partial charge in [0.15, 0.2) is 0 Å². The zero-order chi connectivity index (χ0) is 16.2. The fourth-order valence-corrected chi connectivity index (χ4v) is 1.73. The van der Waals surface area contributed by atoms with Gasteiger partial charge in [-0.05, 0) is 36.4 Å². The lowest BCUT2D eigenvalue weighted by molar-refractivity contribution is -0.136. The summed E-state index contributed by atoms with van der Waals surface area (Å²) in [5, 5.41) is 2.08. The SMILES string of the molecule is COc1ccc(OC(=O)Nc2ccccc2C(F)(F)F)cc1. The summed E-state index contributed by atoms with van der Waals surface area (Å²) in [6.07, 6.45) is -5.58. The number of alkyl halides is 3. The summed E-state index contributed by atoms with van der Waals surface area (Å²) in [6, 6.07) is 10.7. The van der Waals surface area contributed by atoms with Gasteiger partial charge in [-0.15, -0.1) is 0 Å². The van der Waals surface area contributed by atoms with Crippen LogP contribution in [0.3, 0.4) is 0 Å². The lowest BCUT2D eigenvalue weighted by atomic mass is 10.2. The summed E-state index contributed by atoms with van der Waals surface area (Å²) in [4.78, 5) is 11.7. The molecule has 0 aromatic heterocycles. The number of hydrogen-bond donors (Lipinski definition) is 1. The maximum atomic E-state index is 12.8. The Labute approximate surface area is 124 Å². The van der Waals surface area contributed by atoms with E-state index in [0.29, 0.717) is 5.75 Å². The Bertz CT molecular complexity index is 654. The van der Waals surface area contributed by atoms with Crippen LogP contribution in [0.1, 0.15) is 5.56 Å². The first-order valence-electron chi connectivity index (χ1n) is 6.19. The Kier molecular flexibility index (Phi) is 4.55. The number of para-hydroxylation sites is 1. The highest BCUT2D eigenvalue weighted by Gasteiger charge is 2.33. The molecular weight excluding hydrogens is 299 g/mol. The van der Waals surface area contributed by atoms with Gasteiger partial charge >= 0.3 is 12.3 Å². The third-order valence-electron chi connectivity index (χ3n) is 2.74. The van der Waals surface area contributed by atoms with Crippen LogP contribution in [0.25, 0.3) is 0 Å². The molecule has 1 amide bonds. The molecule has 0 aliphatic rings. The van der Waals surface area contributed by atoms with Crippen LogP contribution in [0.5, 0.6) is 11.5 Å². The Balaban J connectivity index is 2.09. The summed E-state index contributed by atoms with van der Waals surface area (Å²) in [6.45, 7) is 0. The Morgan fingerprint density at radius 2 is 1.59 bits per heavy atom. The van der Waals surface area contributed by atoms with E-state index in [1.165, 1.54) is 31.4 Å². The molecule has 0 saturated heterocycles. The standard InChI is InChI=1S/C15H12F3NO3/c1-21-10-6-8-11(9-7-10)22-14(20)19-13-5-3-2-4-12(13)15(16,17)18/h2-9H,1H3,(H,19,20). The highest BCUT2D eigenvalue weighted by Crippen LogP contribution is 2.34. The number of amides is 1. The van der Waals surface area contributed by atoms with Gasteiger partial charge in [-0.25, -0.2) is 4.79 Å². The lowest BCUT2D eigenvalue weighted by Gasteiger charge is -2.13. The van der Waals surface area contributed by atoms with Crippen molar-refractivity contribution >= 4 is 11.8 Å². The van der Waals surface area contributed by atoms with Crippen molar-refractivity contribution in [2.24, 2.45) is 0 Å². The van der Waals surface area contributed by atoms with Crippen molar-refractivity contribution in [2.45, 2.75) is 6.18 Å². The van der Waals surface area contributed by atoms with Crippen molar-refractivity contribution in [1.82, 2.24) is 0 Å². The van der Waals surface area contributed by atoms with E-state index < -0.39 is 17.8 Å². The molecule has 1 N–H and O–H groups in total. The van der Waals surface area contributed by atoms with Crippen molar-refractivity contribution in [3.8, 4) is 11.5 Å². The molecule has 0 bridgehead atoms.